The topological polar surface area (TPSA) is 71.1 Å². The van der Waals surface area contributed by atoms with Crippen LogP contribution in [0, 0.1) is 5.92 Å². The zero-order valence-electron chi connectivity index (χ0n) is 19.9. The Morgan fingerprint density at radius 3 is 2.21 bits per heavy atom. The molecule has 7 nitrogen and oxygen atoms in total. The molecule has 3 unspecified atom stereocenters. The first-order valence-corrected chi connectivity index (χ1v) is 11.7. The number of carbonyl (C=O) groups is 2. The summed E-state index contributed by atoms with van der Waals surface area (Å²) in [5.74, 6) is -2.54. The van der Waals surface area contributed by atoms with E-state index in [9.17, 15) is 22.8 Å². The van der Waals surface area contributed by atoms with E-state index in [0.29, 0.717) is 19.4 Å². The van der Waals surface area contributed by atoms with Gasteiger partial charge >= 0.3 is 18.2 Å². The molecular formula is C24H34F3N3O4. The second-order valence-electron chi connectivity index (χ2n) is 10.0. The molecule has 0 bridgehead atoms. The molecule has 2 aliphatic rings. The SMILES string of the molecule is CC(C)(C)OC(=O)NC1CCC(CN2CCN(Cc3ccccc3)CC2)C1OC(=O)C(F)(F)F. The first-order chi connectivity index (χ1) is 15.9. The third-order valence-corrected chi connectivity index (χ3v) is 6.09. The van der Waals surface area contributed by atoms with Crippen molar-refractivity contribution in [1.29, 1.82) is 0 Å². The van der Waals surface area contributed by atoms with Gasteiger partial charge < -0.3 is 19.7 Å². The number of alkyl halides is 3. The van der Waals surface area contributed by atoms with Gasteiger partial charge in [0, 0.05) is 45.2 Å². The molecule has 1 N–H and O–H groups in total. The van der Waals surface area contributed by atoms with Gasteiger partial charge in [-0.15, -0.1) is 0 Å². The summed E-state index contributed by atoms with van der Waals surface area (Å²) in [5, 5.41) is 2.61. The Morgan fingerprint density at radius 2 is 1.62 bits per heavy atom. The van der Waals surface area contributed by atoms with E-state index in [1.165, 1.54) is 5.56 Å². The van der Waals surface area contributed by atoms with Gasteiger partial charge in [-0.05, 0) is 39.2 Å². The van der Waals surface area contributed by atoms with Crippen LogP contribution in [-0.2, 0) is 20.8 Å². The smallest absolute Gasteiger partial charge is 0.453 e. The minimum absolute atomic E-state index is 0.313. The third kappa shape index (κ3) is 7.87. The molecule has 1 aromatic carbocycles. The molecule has 190 valence electrons. The van der Waals surface area contributed by atoms with Gasteiger partial charge in [0.2, 0.25) is 0 Å². The minimum Gasteiger partial charge on any atom is -0.453 e. The molecule has 0 aromatic heterocycles. The molecule has 1 heterocycles. The lowest BCUT2D eigenvalue weighted by molar-refractivity contribution is -0.207. The predicted molar refractivity (Wildman–Crippen MR) is 120 cm³/mol. The lowest BCUT2D eigenvalue weighted by Crippen LogP contribution is -2.51. The molecule has 0 radical (unpaired) electrons. The van der Waals surface area contributed by atoms with E-state index < -0.39 is 36.0 Å². The molecule has 1 aliphatic carbocycles. The van der Waals surface area contributed by atoms with Crippen LogP contribution in [0.1, 0.15) is 39.2 Å². The van der Waals surface area contributed by atoms with Crippen LogP contribution >= 0.6 is 0 Å². The second-order valence-corrected chi connectivity index (χ2v) is 10.0. The van der Waals surface area contributed by atoms with Crippen molar-refractivity contribution in [3.63, 3.8) is 0 Å². The standard InChI is InChI=1S/C24H34F3N3O4/c1-23(2,3)34-22(32)28-19-10-9-18(20(19)33-21(31)24(25,26)27)16-30-13-11-29(12-14-30)15-17-7-5-4-6-8-17/h4-8,18-20H,9-16H2,1-3H3,(H,28,32). The van der Waals surface area contributed by atoms with Gasteiger partial charge in [0.25, 0.3) is 0 Å². The molecule has 34 heavy (non-hydrogen) atoms. The number of nitrogens with zero attached hydrogens (tertiary/aromatic N) is 2. The molecule has 1 saturated heterocycles. The summed E-state index contributed by atoms with van der Waals surface area (Å²) in [5.41, 5.74) is 0.488. The second kappa shape index (κ2) is 10.9. The number of esters is 1. The molecule has 1 aliphatic heterocycles. The molecular weight excluding hydrogens is 451 g/mol. The van der Waals surface area contributed by atoms with Gasteiger partial charge in [-0.1, -0.05) is 30.3 Å². The zero-order valence-corrected chi connectivity index (χ0v) is 19.9. The summed E-state index contributed by atoms with van der Waals surface area (Å²) in [4.78, 5) is 28.4. The first kappa shape index (κ1) is 26.3. The van der Waals surface area contributed by atoms with Crippen molar-refractivity contribution < 1.29 is 32.2 Å². The van der Waals surface area contributed by atoms with Gasteiger partial charge in [0.15, 0.2) is 0 Å². The average molecular weight is 486 g/mol. The highest BCUT2D eigenvalue weighted by molar-refractivity contribution is 5.76. The third-order valence-electron chi connectivity index (χ3n) is 6.09. The molecule has 1 aromatic rings. The summed E-state index contributed by atoms with van der Waals surface area (Å²) >= 11 is 0. The maximum absolute atomic E-state index is 12.9. The van der Waals surface area contributed by atoms with E-state index in [1.807, 2.05) is 18.2 Å². The number of hydrogen-bond donors (Lipinski definition) is 1. The lowest BCUT2D eigenvalue weighted by Gasteiger charge is -2.37. The molecule has 10 heteroatoms. The number of hydrogen-bond acceptors (Lipinski definition) is 6. The average Bonchev–Trinajstić information content (AvgIpc) is 3.09. The van der Waals surface area contributed by atoms with E-state index in [1.54, 1.807) is 20.8 Å². The molecule has 3 rings (SSSR count). The molecule has 1 amide bonds. The fourth-order valence-electron chi connectivity index (χ4n) is 4.53. The zero-order chi connectivity index (χ0) is 24.9. The Labute approximate surface area is 198 Å². The van der Waals surface area contributed by atoms with Crippen LogP contribution < -0.4 is 5.32 Å². The van der Waals surface area contributed by atoms with E-state index in [2.05, 4.69) is 27.2 Å². The Hall–Kier alpha value is -2.33. The maximum Gasteiger partial charge on any atom is 0.490 e. The quantitative estimate of drug-likeness (QED) is 0.622. The molecule has 0 spiro atoms. The highest BCUT2D eigenvalue weighted by Gasteiger charge is 2.47. The highest BCUT2D eigenvalue weighted by atomic mass is 19.4. The summed E-state index contributed by atoms with van der Waals surface area (Å²) in [6.45, 7) is 9.67. The van der Waals surface area contributed by atoms with Gasteiger partial charge in [0.05, 0.1) is 6.04 Å². The van der Waals surface area contributed by atoms with Crippen LogP contribution in [0.25, 0.3) is 0 Å². The normalized spacial score (nSPS) is 24.6. The highest BCUT2D eigenvalue weighted by Crippen LogP contribution is 2.32. The maximum atomic E-state index is 12.9. The summed E-state index contributed by atoms with van der Waals surface area (Å²) in [6.07, 6.45) is -5.94. The fraction of sp³-hybridized carbons (Fsp3) is 0.667. The molecule has 1 saturated carbocycles. The van der Waals surface area contributed by atoms with E-state index >= 15 is 0 Å². The number of benzene rings is 1. The van der Waals surface area contributed by atoms with Crippen molar-refractivity contribution in [2.24, 2.45) is 5.92 Å². The first-order valence-electron chi connectivity index (χ1n) is 11.7. The molecule has 2 fully saturated rings. The number of rotatable bonds is 6. The lowest BCUT2D eigenvalue weighted by atomic mass is 10.0. The number of amides is 1. The van der Waals surface area contributed by atoms with Crippen LogP contribution in [0.3, 0.4) is 0 Å². The number of ether oxygens (including phenoxy) is 2. The number of nitrogens with one attached hydrogen (secondary N) is 1. The van der Waals surface area contributed by atoms with Crippen molar-refractivity contribution in [2.75, 3.05) is 32.7 Å². The Bertz CT molecular complexity index is 821. The fourth-order valence-corrected chi connectivity index (χ4v) is 4.53. The van der Waals surface area contributed by atoms with E-state index in [0.717, 1.165) is 32.7 Å². The van der Waals surface area contributed by atoms with Crippen molar-refractivity contribution in [3.05, 3.63) is 35.9 Å². The van der Waals surface area contributed by atoms with Crippen molar-refractivity contribution in [3.8, 4) is 0 Å². The largest absolute Gasteiger partial charge is 0.490 e. The number of carbonyl (C=O) groups excluding carboxylic acids is 2. The van der Waals surface area contributed by atoms with Crippen LogP contribution in [0.2, 0.25) is 0 Å². The van der Waals surface area contributed by atoms with Crippen LogP contribution in [0.5, 0.6) is 0 Å². The van der Waals surface area contributed by atoms with Gasteiger partial charge in [-0.3, -0.25) is 4.90 Å². The predicted octanol–water partition coefficient (Wildman–Crippen LogP) is 3.58. The monoisotopic (exact) mass is 485 g/mol. The van der Waals surface area contributed by atoms with Crippen molar-refractivity contribution in [1.82, 2.24) is 15.1 Å². The van der Waals surface area contributed by atoms with E-state index in [-0.39, 0.29) is 5.92 Å². The minimum atomic E-state index is -5.09. The summed E-state index contributed by atoms with van der Waals surface area (Å²) < 4.78 is 48.9. The van der Waals surface area contributed by atoms with Crippen LogP contribution in [0.4, 0.5) is 18.0 Å². The van der Waals surface area contributed by atoms with E-state index in [4.69, 9.17) is 9.47 Å². The number of alkyl carbamates (subject to hydrolysis) is 1. The van der Waals surface area contributed by atoms with Gasteiger partial charge in [0.1, 0.15) is 11.7 Å². The van der Waals surface area contributed by atoms with Crippen LogP contribution in [-0.4, -0.2) is 78.5 Å². The van der Waals surface area contributed by atoms with Crippen molar-refractivity contribution in [2.45, 2.75) is 64.1 Å². The Kier molecular flexibility index (Phi) is 8.46. The Morgan fingerprint density at radius 1 is 1.00 bits per heavy atom. The van der Waals surface area contributed by atoms with Crippen molar-refractivity contribution >= 4 is 12.1 Å². The number of halogens is 3. The number of piperazine rings is 1. The van der Waals surface area contributed by atoms with Crippen LogP contribution in [0.15, 0.2) is 30.3 Å². The Balaban J connectivity index is 1.58. The van der Waals surface area contributed by atoms with Gasteiger partial charge in [-0.25, -0.2) is 9.59 Å². The molecule has 3 atom stereocenters. The summed E-state index contributed by atoms with van der Waals surface area (Å²) in [7, 11) is 0. The summed E-state index contributed by atoms with van der Waals surface area (Å²) in [6, 6.07) is 9.44. The van der Waals surface area contributed by atoms with Gasteiger partial charge in [-0.2, -0.15) is 13.2 Å².